The number of carbonyl (C=O) groups is 2. The van der Waals surface area contributed by atoms with E-state index in [1.165, 1.54) is 0 Å². The Morgan fingerprint density at radius 1 is 1.06 bits per heavy atom. The highest BCUT2D eigenvalue weighted by Crippen LogP contribution is 2.24. The van der Waals surface area contributed by atoms with Gasteiger partial charge in [0.2, 0.25) is 0 Å². The zero-order valence-electron chi connectivity index (χ0n) is 20.1. The Labute approximate surface area is 205 Å². The van der Waals surface area contributed by atoms with Gasteiger partial charge in [0, 0.05) is 28.6 Å². The van der Waals surface area contributed by atoms with Crippen molar-refractivity contribution in [2.45, 2.75) is 40.8 Å². The highest BCUT2D eigenvalue weighted by atomic mass is 35.5. The minimum atomic E-state index is -0.375. The maximum absolute atomic E-state index is 13.3. The maximum atomic E-state index is 13.3. The molecule has 0 aliphatic rings. The van der Waals surface area contributed by atoms with Gasteiger partial charge in [-0.25, -0.2) is 9.59 Å². The zero-order valence-corrected chi connectivity index (χ0v) is 20.9. The summed E-state index contributed by atoms with van der Waals surface area (Å²) < 4.78 is 10.4. The van der Waals surface area contributed by atoms with Crippen LogP contribution in [0.15, 0.2) is 42.5 Å². The highest BCUT2D eigenvalue weighted by Gasteiger charge is 2.23. The summed E-state index contributed by atoms with van der Waals surface area (Å²) in [6.07, 6.45) is 0. The van der Waals surface area contributed by atoms with E-state index < -0.39 is 0 Å². The minimum absolute atomic E-state index is 0.267. The predicted octanol–water partition coefficient (Wildman–Crippen LogP) is 6.01. The van der Waals surface area contributed by atoms with Crippen LogP contribution in [-0.4, -0.2) is 35.6 Å². The van der Waals surface area contributed by atoms with Gasteiger partial charge in [0.25, 0.3) is 0 Å². The molecule has 3 aromatic rings. The Kier molecular flexibility index (Phi) is 8.23. The second-order valence-electron chi connectivity index (χ2n) is 8.05. The number of carbonyl (C=O) groups excluding carboxylic acids is 2. The maximum Gasteiger partial charge on any atom is 0.340 e. The number of H-pyrrole nitrogens is 1. The molecule has 34 heavy (non-hydrogen) atoms. The van der Waals surface area contributed by atoms with Gasteiger partial charge in [0.15, 0.2) is 0 Å². The van der Waals surface area contributed by atoms with E-state index in [0.29, 0.717) is 35.1 Å². The number of methoxy groups -OCH3 is 1. The van der Waals surface area contributed by atoms with Crippen molar-refractivity contribution < 1.29 is 19.1 Å². The van der Waals surface area contributed by atoms with E-state index in [9.17, 15) is 9.59 Å². The molecule has 180 valence electrons. The molecule has 0 aliphatic carbocycles. The van der Waals surface area contributed by atoms with Crippen molar-refractivity contribution in [3.63, 3.8) is 0 Å². The van der Waals surface area contributed by atoms with E-state index in [1.807, 2.05) is 57.2 Å². The number of rotatable bonds is 8. The molecule has 0 saturated heterocycles. The molecule has 2 aromatic carbocycles. The van der Waals surface area contributed by atoms with Crippen molar-refractivity contribution >= 4 is 29.3 Å². The standard InChI is InChI=1S/C26H30ClN3O4/c1-6-34-25(31)24-17(3)23(28-18(24)4)15-30(14-19-8-11-21(33-5)12-9-19)26(32)29-20-10-7-16(2)22(27)13-20/h7-13,28H,6,14-15H2,1-5H3,(H,29,32). The number of hydrogen-bond donors (Lipinski definition) is 2. The number of ether oxygens (including phenoxy) is 2. The van der Waals surface area contributed by atoms with E-state index in [-0.39, 0.29) is 18.5 Å². The van der Waals surface area contributed by atoms with Crippen molar-refractivity contribution in [1.82, 2.24) is 9.88 Å². The zero-order chi connectivity index (χ0) is 24.8. The predicted molar refractivity (Wildman–Crippen MR) is 134 cm³/mol. The third-order valence-electron chi connectivity index (χ3n) is 5.61. The molecule has 2 N–H and O–H groups in total. The van der Waals surface area contributed by atoms with Crippen LogP contribution in [0.25, 0.3) is 0 Å². The monoisotopic (exact) mass is 483 g/mol. The number of hydrogen-bond acceptors (Lipinski definition) is 4. The van der Waals surface area contributed by atoms with Crippen LogP contribution >= 0.6 is 11.6 Å². The van der Waals surface area contributed by atoms with Gasteiger partial charge in [0.1, 0.15) is 5.75 Å². The molecule has 0 radical (unpaired) electrons. The first kappa shape index (κ1) is 25.2. The van der Waals surface area contributed by atoms with Crippen molar-refractivity contribution in [2.75, 3.05) is 19.0 Å². The normalized spacial score (nSPS) is 10.6. The molecular formula is C26H30ClN3O4. The van der Waals surface area contributed by atoms with Gasteiger partial charge in [-0.15, -0.1) is 0 Å². The first-order valence-corrected chi connectivity index (χ1v) is 11.4. The summed E-state index contributed by atoms with van der Waals surface area (Å²) in [4.78, 5) is 30.7. The van der Waals surface area contributed by atoms with Gasteiger partial charge in [-0.1, -0.05) is 29.8 Å². The van der Waals surface area contributed by atoms with Crippen LogP contribution in [0.3, 0.4) is 0 Å². The van der Waals surface area contributed by atoms with Crippen molar-refractivity contribution in [2.24, 2.45) is 0 Å². The second kappa shape index (κ2) is 11.1. The summed E-state index contributed by atoms with van der Waals surface area (Å²) in [7, 11) is 1.61. The third-order valence-corrected chi connectivity index (χ3v) is 6.02. The summed E-state index contributed by atoms with van der Waals surface area (Å²) in [6, 6.07) is 12.6. The molecular weight excluding hydrogens is 454 g/mol. The number of anilines is 1. The first-order chi connectivity index (χ1) is 16.2. The fourth-order valence-electron chi connectivity index (χ4n) is 3.70. The third kappa shape index (κ3) is 5.91. The Hall–Kier alpha value is -3.45. The van der Waals surface area contributed by atoms with Crippen molar-refractivity contribution in [3.8, 4) is 5.75 Å². The molecule has 0 spiro atoms. The molecule has 3 rings (SSSR count). The molecule has 1 heterocycles. The lowest BCUT2D eigenvalue weighted by Gasteiger charge is -2.24. The molecule has 7 nitrogen and oxygen atoms in total. The van der Waals surface area contributed by atoms with Gasteiger partial charge in [-0.2, -0.15) is 0 Å². The Balaban J connectivity index is 1.89. The number of aryl methyl sites for hydroxylation is 2. The van der Waals surface area contributed by atoms with E-state index in [2.05, 4.69) is 10.3 Å². The summed E-state index contributed by atoms with van der Waals surface area (Å²) in [5.41, 5.74) is 5.22. The van der Waals surface area contributed by atoms with Crippen LogP contribution < -0.4 is 10.1 Å². The van der Waals surface area contributed by atoms with Gasteiger partial charge in [-0.05, 0) is 68.7 Å². The summed E-state index contributed by atoms with van der Waals surface area (Å²) in [5, 5.41) is 3.51. The van der Waals surface area contributed by atoms with Crippen LogP contribution in [0.5, 0.6) is 5.75 Å². The van der Waals surface area contributed by atoms with Crippen LogP contribution in [0, 0.1) is 20.8 Å². The number of nitrogens with one attached hydrogen (secondary N) is 2. The van der Waals surface area contributed by atoms with Gasteiger partial charge in [0.05, 0.1) is 25.8 Å². The molecule has 2 amide bonds. The molecule has 0 unspecified atom stereocenters. The number of aromatic nitrogens is 1. The Morgan fingerprint density at radius 2 is 1.76 bits per heavy atom. The average Bonchev–Trinajstić information content (AvgIpc) is 3.09. The summed E-state index contributed by atoms with van der Waals surface area (Å²) in [6.45, 7) is 8.27. The van der Waals surface area contributed by atoms with Crippen LogP contribution in [0.4, 0.5) is 10.5 Å². The number of urea groups is 1. The fraction of sp³-hybridized carbons (Fsp3) is 0.308. The lowest BCUT2D eigenvalue weighted by atomic mass is 10.1. The number of halogens is 1. The minimum Gasteiger partial charge on any atom is -0.497 e. The number of aromatic amines is 1. The van der Waals surface area contributed by atoms with E-state index in [0.717, 1.165) is 28.1 Å². The number of nitrogens with zero attached hydrogens (tertiary/aromatic N) is 1. The Morgan fingerprint density at radius 3 is 2.38 bits per heavy atom. The van der Waals surface area contributed by atoms with Gasteiger partial charge >= 0.3 is 12.0 Å². The van der Waals surface area contributed by atoms with E-state index in [4.69, 9.17) is 21.1 Å². The van der Waals surface area contributed by atoms with Crippen LogP contribution in [-0.2, 0) is 17.8 Å². The van der Waals surface area contributed by atoms with Crippen LogP contribution in [0.1, 0.15) is 45.4 Å². The lowest BCUT2D eigenvalue weighted by Crippen LogP contribution is -2.34. The highest BCUT2D eigenvalue weighted by molar-refractivity contribution is 6.31. The second-order valence-corrected chi connectivity index (χ2v) is 8.45. The van der Waals surface area contributed by atoms with E-state index >= 15 is 0 Å². The Bertz CT molecular complexity index is 1170. The molecule has 8 heteroatoms. The van der Waals surface area contributed by atoms with Gasteiger partial charge in [-0.3, -0.25) is 0 Å². The quantitative estimate of drug-likeness (QED) is 0.384. The van der Waals surface area contributed by atoms with Gasteiger partial charge < -0.3 is 24.7 Å². The molecule has 0 saturated carbocycles. The molecule has 0 aliphatic heterocycles. The van der Waals surface area contributed by atoms with Crippen molar-refractivity contribution in [1.29, 1.82) is 0 Å². The summed E-state index contributed by atoms with van der Waals surface area (Å²) in [5.74, 6) is 0.365. The lowest BCUT2D eigenvalue weighted by molar-refractivity contribution is 0.0525. The number of esters is 1. The topological polar surface area (TPSA) is 83.7 Å². The molecule has 0 bridgehead atoms. The number of benzene rings is 2. The molecule has 1 aromatic heterocycles. The average molecular weight is 484 g/mol. The largest absolute Gasteiger partial charge is 0.497 e. The smallest absolute Gasteiger partial charge is 0.340 e. The molecule has 0 fully saturated rings. The summed E-state index contributed by atoms with van der Waals surface area (Å²) >= 11 is 6.24. The first-order valence-electron chi connectivity index (χ1n) is 11.0. The fourth-order valence-corrected chi connectivity index (χ4v) is 3.88. The van der Waals surface area contributed by atoms with Crippen molar-refractivity contribution in [3.05, 3.63) is 81.1 Å². The number of amides is 2. The molecule has 0 atom stereocenters. The van der Waals surface area contributed by atoms with Crippen LogP contribution in [0.2, 0.25) is 5.02 Å². The van der Waals surface area contributed by atoms with E-state index in [1.54, 1.807) is 25.0 Å². The SMILES string of the molecule is CCOC(=O)c1c(C)[nH]c(CN(Cc2ccc(OC)cc2)C(=O)Nc2ccc(C)c(Cl)c2)c1C.